The number of nitrogens with zero attached hydrogens (tertiary/aromatic N) is 1. The summed E-state index contributed by atoms with van der Waals surface area (Å²) in [5.41, 5.74) is 3.57. The topological polar surface area (TPSA) is 58.6 Å². The normalized spacial score (nSPS) is 13.1. The van der Waals surface area contributed by atoms with Gasteiger partial charge < -0.3 is 15.0 Å². The maximum absolute atomic E-state index is 12.3. The molecule has 0 fully saturated rings. The van der Waals surface area contributed by atoms with Gasteiger partial charge in [-0.15, -0.1) is 0 Å². The minimum atomic E-state index is -0.222. The second-order valence-corrected chi connectivity index (χ2v) is 6.99. The third-order valence-corrected chi connectivity index (χ3v) is 4.84. The lowest BCUT2D eigenvalue weighted by molar-refractivity contribution is -0.139. The Balaban J connectivity index is 1.33. The molecule has 2 aromatic carbocycles. The Labute approximate surface area is 164 Å². The summed E-state index contributed by atoms with van der Waals surface area (Å²) in [6.45, 7) is 1.61. The molecule has 1 N–H and O–H groups in total. The van der Waals surface area contributed by atoms with E-state index >= 15 is 0 Å². The molecule has 1 heterocycles. The van der Waals surface area contributed by atoms with Crippen LogP contribution in [0.1, 0.15) is 16.7 Å². The fourth-order valence-electron chi connectivity index (χ4n) is 3.08. The largest absolute Gasteiger partial charge is 0.362 e. The number of fused-ring (bicyclic) bond motifs is 1. The van der Waals surface area contributed by atoms with Gasteiger partial charge in [-0.1, -0.05) is 48.0 Å². The molecule has 0 bridgehead atoms. The molecular formula is C21H23ClN2O3. The van der Waals surface area contributed by atoms with Crippen molar-refractivity contribution < 1.29 is 14.3 Å². The maximum Gasteiger partial charge on any atom is 0.248 e. The number of carbonyl (C=O) groups excluding carboxylic acids is 2. The highest BCUT2D eigenvalue weighted by Crippen LogP contribution is 2.18. The minimum absolute atomic E-state index is 0.0766. The van der Waals surface area contributed by atoms with Gasteiger partial charge in [0.25, 0.3) is 0 Å². The van der Waals surface area contributed by atoms with Gasteiger partial charge in [0.15, 0.2) is 0 Å². The molecule has 0 aliphatic carbocycles. The summed E-state index contributed by atoms with van der Waals surface area (Å²) < 4.78 is 5.30. The summed E-state index contributed by atoms with van der Waals surface area (Å²) in [4.78, 5) is 25.9. The van der Waals surface area contributed by atoms with Crippen molar-refractivity contribution in [1.82, 2.24) is 10.2 Å². The molecule has 0 spiro atoms. The van der Waals surface area contributed by atoms with Gasteiger partial charge in [-0.25, -0.2) is 0 Å². The van der Waals surface area contributed by atoms with Crippen molar-refractivity contribution in [3.63, 3.8) is 0 Å². The first-order valence-electron chi connectivity index (χ1n) is 9.05. The van der Waals surface area contributed by atoms with Crippen LogP contribution in [0.2, 0.25) is 5.02 Å². The fraction of sp³-hybridized carbons (Fsp3) is 0.333. The molecule has 0 unspecified atom stereocenters. The first kappa shape index (κ1) is 19.4. The second kappa shape index (κ2) is 9.53. The zero-order valence-electron chi connectivity index (χ0n) is 15.1. The molecule has 2 aromatic rings. The summed E-state index contributed by atoms with van der Waals surface area (Å²) in [6, 6.07) is 15.7. The van der Waals surface area contributed by atoms with E-state index in [-0.39, 0.29) is 25.0 Å². The predicted octanol–water partition coefficient (Wildman–Crippen LogP) is 2.60. The maximum atomic E-state index is 12.3. The van der Waals surface area contributed by atoms with Gasteiger partial charge in [-0.3, -0.25) is 9.59 Å². The molecule has 0 radical (unpaired) electrons. The molecule has 0 saturated carbocycles. The van der Waals surface area contributed by atoms with Crippen LogP contribution in [0, 0.1) is 0 Å². The van der Waals surface area contributed by atoms with Crippen LogP contribution in [0.15, 0.2) is 48.5 Å². The van der Waals surface area contributed by atoms with Crippen LogP contribution in [0.5, 0.6) is 0 Å². The molecule has 0 saturated heterocycles. The second-order valence-electron chi connectivity index (χ2n) is 6.55. The Morgan fingerprint density at radius 1 is 1.04 bits per heavy atom. The molecule has 2 amide bonds. The van der Waals surface area contributed by atoms with Crippen molar-refractivity contribution in [2.24, 2.45) is 0 Å². The number of nitrogens with one attached hydrogen (secondary N) is 1. The minimum Gasteiger partial charge on any atom is -0.362 e. The lowest BCUT2D eigenvalue weighted by Crippen LogP contribution is -2.39. The highest BCUT2D eigenvalue weighted by atomic mass is 35.5. The number of halogens is 1. The van der Waals surface area contributed by atoms with E-state index in [1.54, 1.807) is 4.90 Å². The summed E-state index contributed by atoms with van der Waals surface area (Å²) >= 11 is 5.84. The van der Waals surface area contributed by atoms with E-state index in [1.807, 2.05) is 42.5 Å². The number of hydrogen-bond donors (Lipinski definition) is 1. The van der Waals surface area contributed by atoms with Crippen LogP contribution in [0.4, 0.5) is 0 Å². The average Bonchev–Trinajstić information content (AvgIpc) is 2.69. The van der Waals surface area contributed by atoms with Crippen LogP contribution in [0.3, 0.4) is 0 Å². The molecule has 1 aliphatic heterocycles. The van der Waals surface area contributed by atoms with Gasteiger partial charge in [0.2, 0.25) is 11.8 Å². The Kier molecular flexibility index (Phi) is 6.85. The number of ether oxygens (including phenoxy) is 1. The van der Waals surface area contributed by atoms with E-state index in [9.17, 15) is 9.59 Å². The Hall–Kier alpha value is -2.37. The molecule has 27 heavy (non-hydrogen) atoms. The van der Waals surface area contributed by atoms with Crippen molar-refractivity contribution in [2.75, 3.05) is 26.3 Å². The van der Waals surface area contributed by atoms with Gasteiger partial charge in [0.1, 0.15) is 13.2 Å². The van der Waals surface area contributed by atoms with Gasteiger partial charge in [-0.05, 0) is 41.7 Å². The van der Waals surface area contributed by atoms with Crippen molar-refractivity contribution in [1.29, 1.82) is 0 Å². The van der Waals surface area contributed by atoms with Crippen LogP contribution >= 0.6 is 11.6 Å². The predicted molar refractivity (Wildman–Crippen MR) is 105 cm³/mol. The smallest absolute Gasteiger partial charge is 0.248 e. The molecule has 142 valence electrons. The van der Waals surface area contributed by atoms with Gasteiger partial charge in [0.05, 0.1) is 0 Å². The molecular weight excluding hydrogens is 364 g/mol. The Bertz CT molecular complexity index is 792. The quantitative estimate of drug-likeness (QED) is 0.795. The highest BCUT2D eigenvalue weighted by molar-refractivity contribution is 6.30. The molecule has 3 rings (SSSR count). The van der Waals surface area contributed by atoms with Crippen molar-refractivity contribution in [3.05, 3.63) is 70.2 Å². The zero-order chi connectivity index (χ0) is 19.1. The third kappa shape index (κ3) is 5.81. The van der Waals surface area contributed by atoms with Crippen LogP contribution in [0.25, 0.3) is 0 Å². The highest BCUT2D eigenvalue weighted by Gasteiger charge is 2.20. The monoisotopic (exact) mass is 386 g/mol. The zero-order valence-corrected chi connectivity index (χ0v) is 15.9. The van der Waals surface area contributed by atoms with E-state index in [1.165, 1.54) is 11.1 Å². The standard InChI is InChI=1S/C21H23ClN2O3/c22-19-7-5-16(6-8-19)9-11-23-20(25)14-27-15-21(26)24-12-10-17-3-1-2-4-18(17)13-24/h1-8H,9-15H2,(H,23,25). The van der Waals surface area contributed by atoms with E-state index in [0.717, 1.165) is 18.4 Å². The Morgan fingerprint density at radius 2 is 1.78 bits per heavy atom. The molecule has 5 nitrogen and oxygen atoms in total. The average molecular weight is 387 g/mol. The van der Waals surface area contributed by atoms with E-state index in [2.05, 4.69) is 11.4 Å². The van der Waals surface area contributed by atoms with Crippen molar-refractivity contribution >= 4 is 23.4 Å². The number of hydrogen-bond acceptors (Lipinski definition) is 3. The van der Waals surface area contributed by atoms with Gasteiger partial charge >= 0.3 is 0 Å². The molecule has 0 atom stereocenters. The van der Waals surface area contributed by atoms with E-state index < -0.39 is 0 Å². The summed E-state index contributed by atoms with van der Waals surface area (Å²) in [6.07, 6.45) is 1.57. The number of carbonyl (C=O) groups is 2. The SMILES string of the molecule is O=C(COCC(=O)N1CCc2ccccc2C1)NCCc1ccc(Cl)cc1. The van der Waals surface area contributed by atoms with Gasteiger partial charge in [0, 0.05) is 24.7 Å². The summed E-state index contributed by atoms with van der Waals surface area (Å²) in [5.74, 6) is -0.306. The van der Waals surface area contributed by atoms with E-state index in [0.29, 0.717) is 24.7 Å². The first-order valence-corrected chi connectivity index (χ1v) is 9.43. The number of amides is 2. The lowest BCUT2D eigenvalue weighted by atomic mass is 10.00. The van der Waals surface area contributed by atoms with Crippen LogP contribution in [-0.2, 0) is 33.7 Å². The van der Waals surface area contributed by atoms with E-state index in [4.69, 9.17) is 16.3 Å². The summed E-state index contributed by atoms with van der Waals surface area (Å²) in [7, 11) is 0. The first-order chi connectivity index (χ1) is 13.1. The number of rotatable bonds is 7. The van der Waals surface area contributed by atoms with Crippen LogP contribution in [-0.4, -0.2) is 43.0 Å². The van der Waals surface area contributed by atoms with Gasteiger partial charge in [-0.2, -0.15) is 0 Å². The Morgan fingerprint density at radius 3 is 2.56 bits per heavy atom. The molecule has 0 aromatic heterocycles. The fourth-order valence-corrected chi connectivity index (χ4v) is 3.21. The molecule has 1 aliphatic rings. The molecule has 6 heteroatoms. The third-order valence-electron chi connectivity index (χ3n) is 4.59. The summed E-state index contributed by atoms with van der Waals surface area (Å²) in [5, 5.41) is 3.48. The van der Waals surface area contributed by atoms with Crippen molar-refractivity contribution in [3.8, 4) is 0 Å². The van der Waals surface area contributed by atoms with Crippen molar-refractivity contribution in [2.45, 2.75) is 19.4 Å². The lowest BCUT2D eigenvalue weighted by Gasteiger charge is -2.28. The number of benzene rings is 2. The van der Waals surface area contributed by atoms with Crippen LogP contribution < -0.4 is 5.32 Å².